The lowest BCUT2D eigenvalue weighted by molar-refractivity contribution is -0.129. The van der Waals surface area contributed by atoms with Gasteiger partial charge in [-0.3, -0.25) is 19.1 Å². The van der Waals surface area contributed by atoms with Crippen molar-refractivity contribution in [2.45, 2.75) is 32.2 Å². The topological polar surface area (TPSA) is 122 Å². The Morgan fingerprint density at radius 3 is 2.90 bits per heavy atom. The zero-order valence-electron chi connectivity index (χ0n) is 16.6. The van der Waals surface area contributed by atoms with Crippen molar-refractivity contribution in [2.24, 2.45) is 0 Å². The van der Waals surface area contributed by atoms with E-state index in [2.05, 4.69) is 25.4 Å². The molecule has 0 bridgehead atoms. The van der Waals surface area contributed by atoms with Gasteiger partial charge in [0.2, 0.25) is 11.9 Å². The molecular weight excluding hydrogens is 420 g/mol. The van der Waals surface area contributed by atoms with Crippen molar-refractivity contribution >= 4 is 34.8 Å². The predicted molar refractivity (Wildman–Crippen MR) is 115 cm³/mol. The van der Waals surface area contributed by atoms with E-state index >= 15 is 0 Å². The lowest BCUT2D eigenvalue weighted by Gasteiger charge is -2.07. The Morgan fingerprint density at radius 2 is 2.03 bits per heavy atom. The summed E-state index contributed by atoms with van der Waals surface area (Å²) in [5.74, 6) is 0.0386. The standard InChI is InChI=1S/C20H21ClN8O2/c21-15-11-23-20(26-19(15)16-12-22-17-6-3-5-9-29(16)17)25-14-10-24-28(13-14)8-4-1-2-7-18(30)27-31/h3,5-6,9-13,31H,1-2,4,7-8H2,(H,27,30)(H,23,25,26). The first kappa shape index (κ1) is 20.8. The molecule has 0 spiro atoms. The zero-order valence-corrected chi connectivity index (χ0v) is 17.3. The van der Waals surface area contributed by atoms with Gasteiger partial charge in [0.15, 0.2) is 0 Å². The molecule has 0 unspecified atom stereocenters. The Morgan fingerprint density at radius 1 is 1.13 bits per heavy atom. The molecule has 3 N–H and O–H groups in total. The summed E-state index contributed by atoms with van der Waals surface area (Å²) in [7, 11) is 0. The first-order chi connectivity index (χ1) is 15.1. The molecule has 4 heterocycles. The largest absolute Gasteiger partial charge is 0.321 e. The maximum Gasteiger partial charge on any atom is 0.243 e. The summed E-state index contributed by atoms with van der Waals surface area (Å²) in [5, 5.41) is 16.4. The number of unbranched alkanes of at least 4 members (excludes halogenated alkanes) is 2. The van der Waals surface area contributed by atoms with Gasteiger partial charge in [0.25, 0.3) is 0 Å². The smallest absolute Gasteiger partial charge is 0.243 e. The second-order valence-corrected chi connectivity index (χ2v) is 7.33. The normalized spacial score (nSPS) is 11.0. The lowest BCUT2D eigenvalue weighted by Crippen LogP contribution is -2.17. The van der Waals surface area contributed by atoms with Crippen LogP contribution in [0.25, 0.3) is 17.0 Å². The molecule has 0 saturated heterocycles. The summed E-state index contributed by atoms with van der Waals surface area (Å²) in [5.41, 5.74) is 4.55. The van der Waals surface area contributed by atoms with Crippen molar-refractivity contribution in [3.63, 3.8) is 0 Å². The number of rotatable bonds is 9. The molecule has 31 heavy (non-hydrogen) atoms. The number of hydrogen-bond acceptors (Lipinski definition) is 7. The van der Waals surface area contributed by atoms with E-state index in [1.807, 2.05) is 39.7 Å². The van der Waals surface area contributed by atoms with Crippen molar-refractivity contribution in [3.8, 4) is 11.4 Å². The van der Waals surface area contributed by atoms with Gasteiger partial charge in [0, 0.05) is 25.4 Å². The highest BCUT2D eigenvalue weighted by atomic mass is 35.5. The number of fused-ring (bicyclic) bond motifs is 1. The van der Waals surface area contributed by atoms with Gasteiger partial charge in [0.05, 0.1) is 35.0 Å². The summed E-state index contributed by atoms with van der Waals surface area (Å²) in [4.78, 5) is 24.2. The Bertz CT molecular complexity index is 1190. The molecule has 11 heteroatoms. The van der Waals surface area contributed by atoms with Crippen LogP contribution in [-0.2, 0) is 11.3 Å². The number of halogens is 1. The minimum Gasteiger partial charge on any atom is -0.321 e. The van der Waals surface area contributed by atoms with E-state index < -0.39 is 0 Å². The highest BCUT2D eigenvalue weighted by Crippen LogP contribution is 2.27. The van der Waals surface area contributed by atoms with Crippen LogP contribution in [0.3, 0.4) is 0 Å². The summed E-state index contributed by atoms with van der Waals surface area (Å²) >= 11 is 6.36. The van der Waals surface area contributed by atoms with Crippen LogP contribution < -0.4 is 10.8 Å². The average molecular weight is 441 g/mol. The van der Waals surface area contributed by atoms with Crippen LogP contribution in [0.4, 0.5) is 11.6 Å². The number of aromatic nitrogens is 6. The number of nitrogens with zero attached hydrogens (tertiary/aromatic N) is 6. The van der Waals surface area contributed by atoms with Gasteiger partial charge in [-0.2, -0.15) is 5.10 Å². The van der Waals surface area contributed by atoms with Crippen LogP contribution in [-0.4, -0.2) is 40.2 Å². The number of anilines is 2. The molecule has 4 aromatic rings. The number of pyridine rings is 1. The molecule has 0 fully saturated rings. The number of amides is 1. The third kappa shape index (κ3) is 4.98. The molecule has 10 nitrogen and oxygen atoms in total. The van der Waals surface area contributed by atoms with Crippen molar-refractivity contribution in [1.82, 2.24) is 34.6 Å². The van der Waals surface area contributed by atoms with E-state index in [1.165, 1.54) is 0 Å². The Kier molecular flexibility index (Phi) is 6.39. The SMILES string of the molecule is O=C(CCCCCn1cc(Nc2ncc(Cl)c(-c3cnc4ccccn34)n2)cn1)NO. The molecular formula is C20H21ClN8O2. The van der Waals surface area contributed by atoms with Crippen LogP contribution >= 0.6 is 11.6 Å². The third-order valence-corrected chi connectivity index (χ3v) is 4.99. The summed E-state index contributed by atoms with van der Waals surface area (Å²) in [6.45, 7) is 0.719. The fourth-order valence-corrected chi connectivity index (χ4v) is 3.37. The van der Waals surface area contributed by atoms with E-state index in [0.29, 0.717) is 29.5 Å². The fraction of sp³-hybridized carbons (Fsp3) is 0.250. The van der Waals surface area contributed by atoms with Gasteiger partial charge in [-0.25, -0.2) is 20.4 Å². The van der Waals surface area contributed by atoms with Crippen molar-refractivity contribution < 1.29 is 10.0 Å². The molecule has 4 rings (SSSR count). The molecule has 0 radical (unpaired) electrons. The van der Waals surface area contributed by atoms with E-state index in [0.717, 1.165) is 36.4 Å². The molecule has 0 aliphatic carbocycles. The zero-order chi connectivity index (χ0) is 21.6. The number of hydroxylamine groups is 1. The van der Waals surface area contributed by atoms with Crippen molar-refractivity contribution in [1.29, 1.82) is 0 Å². The summed E-state index contributed by atoms with van der Waals surface area (Å²) < 4.78 is 3.73. The first-order valence-electron chi connectivity index (χ1n) is 9.81. The van der Waals surface area contributed by atoms with Crippen LogP contribution in [0.5, 0.6) is 0 Å². The number of imidazole rings is 1. The minimum atomic E-state index is -0.364. The van der Waals surface area contributed by atoms with Crippen LogP contribution in [0.15, 0.2) is 49.2 Å². The second kappa shape index (κ2) is 9.54. The summed E-state index contributed by atoms with van der Waals surface area (Å²) in [6, 6.07) is 5.75. The van der Waals surface area contributed by atoms with E-state index in [1.54, 1.807) is 24.1 Å². The number of carbonyl (C=O) groups excluding carboxylic acids is 1. The van der Waals surface area contributed by atoms with E-state index in [4.69, 9.17) is 16.8 Å². The van der Waals surface area contributed by atoms with Gasteiger partial charge >= 0.3 is 0 Å². The van der Waals surface area contributed by atoms with E-state index in [9.17, 15) is 4.79 Å². The van der Waals surface area contributed by atoms with Crippen LogP contribution in [0.1, 0.15) is 25.7 Å². The monoisotopic (exact) mass is 440 g/mol. The van der Waals surface area contributed by atoms with E-state index in [-0.39, 0.29) is 5.91 Å². The molecule has 0 saturated carbocycles. The number of hydrogen-bond donors (Lipinski definition) is 3. The van der Waals surface area contributed by atoms with Gasteiger partial charge < -0.3 is 5.32 Å². The molecule has 160 valence electrons. The van der Waals surface area contributed by atoms with Gasteiger partial charge in [-0.05, 0) is 25.0 Å². The van der Waals surface area contributed by atoms with Gasteiger partial charge in [0.1, 0.15) is 11.3 Å². The number of aryl methyl sites for hydroxylation is 1. The van der Waals surface area contributed by atoms with Crippen LogP contribution in [0.2, 0.25) is 5.02 Å². The van der Waals surface area contributed by atoms with Crippen molar-refractivity contribution in [3.05, 3.63) is 54.2 Å². The lowest BCUT2D eigenvalue weighted by atomic mass is 10.2. The quantitative estimate of drug-likeness (QED) is 0.207. The average Bonchev–Trinajstić information content (AvgIpc) is 3.41. The predicted octanol–water partition coefficient (Wildman–Crippen LogP) is 3.45. The Hall–Kier alpha value is -3.50. The Labute approximate surface area is 182 Å². The maximum atomic E-state index is 11.0. The second-order valence-electron chi connectivity index (χ2n) is 6.93. The van der Waals surface area contributed by atoms with Gasteiger partial charge in [-0.15, -0.1) is 0 Å². The molecule has 0 aromatic carbocycles. The first-order valence-corrected chi connectivity index (χ1v) is 10.2. The van der Waals surface area contributed by atoms with Gasteiger partial charge in [-0.1, -0.05) is 24.1 Å². The molecule has 0 atom stereocenters. The molecule has 4 aromatic heterocycles. The summed E-state index contributed by atoms with van der Waals surface area (Å²) in [6.07, 6.45) is 11.5. The highest BCUT2D eigenvalue weighted by Gasteiger charge is 2.13. The molecule has 1 amide bonds. The number of nitrogens with one attached hydrogen (secondary N) is 2. The van der Waals surface area contributed by atoms with Crippen molar-refractivity contribution in [2.75, 3.05) is 5.32 Å². The molecule has 0 aliphatic rings. The van der Waals surface area contributed by atoms with Crippen LogP contribution in [0, 0.1) is 0 Å². The minimum absolute atomic E-state index is 0.311. The Balaban J connectivity index is 1.40. The maximum absolute atomic E-state index is 11.0. The third-order valence-electron chi connectivity index (χ3n) is 4.71. The fourth-order valence-electron chi connectivity index (χ4n) is 3.19. The molecule has 0 aliphatic heterocycles. The highest BCUT2D eigenvalue weighted by molar-refractivity contribution is 6.32. The number of carbonyl (C=O) groups is 1.